The molecule has 0 bridgehead atoms. The van der Waals surface area contributed by atoms with E-state index in [0.29, 0.717) is 0 Å². The van der Waals surface area contributed by atoms with Crippen LogP contribution in [-0.2, 0) is 0 Å². The van der Waals surface area contributed by atoms with Gasteiger partial charge in [0.2, 0.25) is 0 Å². The Morgan fingerprint density at radius 1 is 1.33 bits per heavy atom. The van der Waals surface area contributed by atoms with E-state index in [0.717, 1.165) is 25.7 Å². The second kappa shape index (κ2) is 5.36. The van der Waals surface area contributed by atoms with Gasteiger partial charge in [-0.1, -0.05) is 39.7 Å². The first-order valence-corrected chi connectivity index (χ1v) is 4.95. The number of hydrogen-bond acceptors (Lipinski definition) is 1. The van der Waals surface area contributed by atoms with Gasteiger partial charge in [0.05, 0.1) is 5.60 Å². The first-order valence-electron chi connectivity index (χ1n) is 4.95. The van der Waals surface area contributed by atoms with Crippen molar-refractivity contribution in [2.24, 2.45) is 5.92 Å². The summed E-state index contributed by atoms with van der Waals surface area (Å²) in [6.07, 6.45) is 5.69. The first-order chi connectivity index (χ1) is 5.60. The van der Waals surface area contributed by atoms with Gasteiger partial charge in [-0.05, 0) is 12.8 Å². The van der Waals surface area contributed by atoms with Crippen LogP contribution < -0.4 is 0 Å². The highest BCUT2D eigenvalue weighted by molar-refractivity contribution is 4.92. The normalized spacial score (nSPS) is 14.3. The smallest absolute Gasteiger partial charge is 0.0707 e. The maximum Gasteiger partial charge on any atom is 0.0707 e. The minimum atomic E-state index is -0.509. The Bertz CT molecular complexity index is 123. The van der Waals surface area contributed by atoms with Gasteiger partial charge >= 0.3 is 0 Å². The summed E-state index contributed by atoms with van der Waals surface area (Å²) in [4.78, 5) is 0. The quantitative estimate of drug-likeness (QED) is 0.607. The predicted molar refractivity (Wildman–Crippen MR) is 54.1 cm³/mol. The van der Waals surface area contributed by atoms with E-state index >= 15 is 0 Å². The Kier molecular flexibility index (Phi) is 5.23. The maximum atomic E-state index is 10.2. The molecule has 0 saturated carbocycles. The van der Waals surface area contributed by atoms with Gasteiger partial charge in [0.15, 0.2) is 0 Å². The third-order valence-corrected chi connectivity index (χ3v) is 2.57. The lowest BCUT2D eigenvalue weighted by molar-refractivity contribution is -0.0117. The van der Waals surface area contributed by atoms with Gasteiger partial charge in [-0.3, -0.25) is 0 Å². The molecular formula is C11H22O. The highest BCUT2D eigenvalue weighted by Gasteiger charge is 2.29. The van der Waals surface area contributed by atoms with Crippen LogP contribution in [0, 0.1) is 5.92 Å². The Balaban J connectivity index is 4.25. The molecule has 0 aliphatic heterocycles. The van der Waals surface area contributed by atoms with Crippen molar-refractivity contribution in [1.82, 2.24) is 0 Å². The molecule has 1 heteroatoms. The van der Waals surface area contributed by atoms with Crippen molar-refractivity contribution in [3.63, 3.8) is 0 Å². The summed E-state index contributed by atoms with van der Waals surface area (Å²) < 4.78 is 0. The lowest BCUT2D eigenvalue weighted by Crippen LogP contribution is -2.35. The molecule has 0 aliphatic carbocycles. The molecule has 0 saturated heterocycles. The lowest BCUT2D eigenvalue weighted by atomic mass is 9.81. The van der Waals surface area contributed by atoms with Crippen LogP contribution in [0.2, 0.25) is 0 Å². The predicted octanol–water partition coefficient (Wildman–Crippen LogP) is 3.14. The molecule has 1 N–H and O–H groups in total. The molecule has 0 aliphatic rings. The molecule has 0 aromatic heterocycles. The molecule has 0 rings (SSSR count). The highest BCUT2D eigenvalue weighted by atomic mass is 16.3. The van der Waals surface area contributed by atoms with Crippen LogP contribution in [0.25, 0.3) is 0 Å². The minimum absolute atomic E-state index is 0.206. The van der Waals surface area contributed by atoms with Gasteiger partial charge in [0, 0.05) is 5.92 Å². The molecule has 0 amide bonds. The Hall–Kier alpha value is -0.300. The average Bonchev–Trinajstić information content (AvgIpc) is 2.04. The van der Waals surface area contributed by atoms with E-state index in [9.17, 15) is 5.11 Å². The molecule has 1 unspecified atom stereocenters. The zero-order valence-electron chi connectivity index (χ0n) is 8.64. The van der Waals surface area contributed by atoms with Gasteiger partial charge in [0.25, 0.3) is 0 Å². The highest BCUT2D eigenvalue weighted by Crippen LogP contribution is 2.28. The third kappa shape index (κ3) is 2.98. The van der Waals surface area contributed by atoms with Crippen LogP contribution in [0.5, 0.6) is 0 Å². The van der Waals surface area contributed by atoms with Gasteiger partial charge in [0.1, 0.15) is 0 Å². The molecule has 0 spiro atoms. The van der Waals surface area contributed by atoms with Crippen molar-refractivity contribution >= 4 is 0 Å². The van der Waals surface area contributed by atoms with E-state index in [1.807, 2.05) is 13.0 Å². The fourth-order valence-electron chi connectivity index (χ4n) is 1.67. The lowest BCUT2D eigenvalue weighted by Gasteiger charge is -2.32. The van der Waals surface area contributed by atoms with Crippen molar-refractivity contribution in [2.45, 2.75) is 52.1 Å². The van der Waals surface area contributed by atoms with Crippen LogP contribution in [0.15, 0.2) is 12.7 Å². The Morgan fingerprint density at radius 3 is 2.00 bits per heavy atom. The van der Waals surface area contributed by atoms with Crippen LogP contribution in [0.1, 0.15) is 46.5 Å². The van der Waals surface area contributed by atoms with Gasteiger partial charge in [-0.15, -0.1) is 6.58 Å². The summed E-state index contributed by atoms with van der Waals surface area (Å²) in [6, 6.07) is 0. The summed E-state index contributed by atoms with van der Waals surface area (Å²) in [6.45, 7) is 9.99. The van der Waals surface area contributed by atoms with E-state index in [4.69, 9.17) is 0 Å². The zero-order chi connectivity index (χ0) is 9.61. The summed E-state index contributed by atoms with van der Waals surface area (Å²) in [5.74, 6) is 0.206. The summed E-state index contributed by atoms with van der Waals surface area (Å²) in [7, 11) is 0. The molecule has 0 aromatic carbocycles. The van der Waals surface area contributed by atoms with Gasteiger partial charge in [-0.2, -0.15) is 0 Å². The minimum Gasteiger partial charge on any atom is -0.389 e. The topological polar surface area (TPSA) is 20.2 Å². The van der Waals surface area contributed by atoms with Crippen molar-refractivity contribution in [3.05, 3.63) is 12.7 Å². The summed E-state index contributed by atoms with van der Waals surface area (Å²) >= 11 is 0. The van der Waals surface area contributed by atoms with Crippen LogP contribution in [0.4, 0.5) is 0 Å². The third-order valence-electron chi connectivity index (χ3n) is 2.57. The van der Waals surface area contributed by atoms with Crippen molar-refractivity contribution in [3.8, 4) is 0 Å². The molecule has 72 valence electrons. The molecular weight excluding hydrogens is 148 g/mol. The van der Waals surface area contributed by atoms with Crippen molar-refractivity contribution in [1.29, 1.82) is 0 Å². The molecule has 0 radical (unpaired) electrons. The van der Waals surface area contributed by atoms with E-state index in [2.05, 4.69) is 20.4 Å². The average molecular weight is 170 g/mol. The van der Waals surface area contributed by atoms with E-state index in [1.54, 1.807) is 0 Å². The summed E-state index contributed by atoms with van der Waals surface area (Å²) in [5.41, 5.74) is -0.509. The van der Waals surface area contributed by atoms with Crippen LogP contribution >= 0.6 is 0 Å². The Labute approximate surface area is 76.5 Å². The number of rotatable bonds is 6. The zero-order valence-corrected chi connectivity index (χ0v) is 8.64. The standard InChI is InChI=1S/C11H22O/c1-5-8-11(12,9-6-2)10(4)7-3/h7,10,12H,3,5-6,8-9H2,1-2,4H3. The Morgan fingerprint density at radius 2 is 1.75 bits per heavy atom. The second-order valence-electron chi connectivity index (χ2n) is 3.63. The van der Waals surface area contributed by atoms with Gasteiger partial charge in [-0.25, -0.2) is 0 Å². The maximum absolute atomic E-state index is 10.2. The SMILES string of the molecule is C=CC(C)C(O)(CCC)CCC. The first kappa shape index (κ1) is 11.7. The molecule has 1 atom stereocenters. The van der Waals surface area contributed by atoms with E-state index < -0.39 is 5.60 Å². The summed E-state index contributed by atoms with van der Waals surface area (Å²) in [5, 5.41) is 10.2. The monoisotopic (exact) mass is 170 g/mol. The van der Waals surface area contributed by atoms with Crippen LogP contribution in [-0.4, -0.2) is 10.7 Å². The molecule has 0 aromatic rings. The van der Waals surface area contributed by atoms with E-state index in [-0.39, 0.29) is 5.92 Å². The number of hydrogen-bond donors (Lipinski definition) is 1. The molecule has 0 heterocycles. The van der Waals surface area contributed by atoms with E-state index in [1.165, 1.54) is 0 Å². The van der Waals surface area contributed by atoms with Crippen molar-refractivity contribution < 1.29 is 5.11 Å². The van der Waals surface area contributed by atoms with Crippen LogP contribution in [0.3, 0.4) is 0 Å². The largest absolute Gasteiger partial charge is 0.389 e. The van der Waals surface area contributed by atoms with Gasteiger partial charge < -0.3 is 5.11 Å². The fourth-order valence-corrected chi connectivity index (χ4v) is 1.67. The van der Waals surface area contributed by atoms with Crippen molar-refractivity contribution in [2.75, 3.05) is 0 Å². The molecule has 1 nitrogen and oxygen atoms in total. The second-order valence-corrected chi connectivity index (χ2v) is 3.63. The molecule has 12 heavy (non-hydrogen) atoms. The number of aliphatic hydroxyl groups is 1. The molecule has 0 fully saturated rings. The fraction of sp³-hybridized carbons (Fsp3) is 0.818.